The van der Waals surface area contributed by atoms with E-state index in [0.717, 1.165) is 0 Å². The Morgan fingerprint density at radius 3 is 2.08 bits per heavy atom. The highest BCUT2D eigenvalue weighted by molar-refractivity contribution is 5.22. The highest BCUT2D eigenvalue weighted by atomic mass is 16.5. The van der Waals surface area contributed by atoms with Crippen LogP contribution in [0.2, 0.25) is 0 Å². The van der Waals surface area contributed by atoms with Crippen molar-refractivity contribution in [3.8, 4) is 0 Å². The van der Waals surface area contributed by atoms with Crippen molar-refractivity contribution in [1.82, 2.24) is 5.32 Å². The van der Waals surface area contributed by atoms with E-state index >= 15 is 0 Å². The van der Waals surface area contributed by atoms with Gasteiger partial charge in [-0.25, -0.2) is 0 Å². The van der Waals surface area contributed by atoms with E-state index in [2.05, 4.69) is 47.8 Å². The van der Waals surface area contributed by atoms with Gasteiger partial charge in [-0.05, 0) is 11.1 Å². The standard InChI is InChI=1S/C22H29NO3/c1-24-14-20-19(15-26-13-17-9-5-3-6-10-17)21(16-25-2)23-22(20)18-11-7-4-8-12-18/h3-12,19-23H,13-16H2,1-2H3/t19-,20-,21+,22-/m0/s1. The molecule has 1 heterocycles. The van der Waals surface area contributed by atoms with Crippen LogP contribution >= 0.6 is 0 Å². The first-order chi connectivity index (χ1) is 12.8. The Morgan fingerprint density at radius 2 is 1.42 bits per heavy atom. The first-order valence-electron chi connectivity index (χ1n) is 9.24. The molecule has 0 spiro atoms. The van der Waals surface area contributed by atoms with Crippen LogP contribution in [-0.4, -0.2) is 40.1 Å². The average molecular weight is 355 g/mol. The van der Waals surface area contributed by atoms with Gasteiger partial charge in [0.2, 0.25) is 0 Å². The number of ether oxygens (including phenoxy) is 3. The van der Waals surface area contributed by atoms with Crippen molar-refractivity contribution in [1.29, 1.82) is 0 Å². The molecule has 1 aliphatic rings. The Labute approximate surface area is 156 Å². The number of methoxy groups -OCH3 is 2. The van der Waals surface area contributed by atoms with Crippen LogP contribution in [0, 0.1) is 11.8 Å². The Bertz CT molecular complexity index is 634. The lowest BCUT2D eigenvalue weighted by Crippen LogP contribution is -2.35. The molecular formula is C22H29NO3. The quantitative estimate of drug-likeness (QED) is 0.748. The van der Waals surface area contributed by atoms with Crippen molar-refractivity contribution in [3.63, 3.8) is 0 Å². The van der Waals surface area contributed by atoms with Gasteiger partial charge in [-0.15, -0.1) is 0 Å². The Balaban J connectivity index is 1.70. The second-order valence-corrected chi connectivity index (χ2v) is 6.90. The summed E-state index contributed by atoms with van der Waals surface area (Å²) in [7, 11) is 3.53. The van der Waals surface area contributed by atoms with Gasteiger partial charge >= 0.3 is 0 Å². The molecule has 4 heteroatoms. The minimum absolute atomic E-state index is 0.251. The lowest BCUT2D eigenvalue weighted by atomic mass is 9.85. The lowest BCUT2D eigenvalue weighted by molar-refractivity contribution is 0.0329. The normalized spacial score (nSPS) is 25.5. The van der Waals surface area contributed by atoms with Gasteiger partial charge in [-0.3, -0.25) is 0 Å². The largest absolute Gasteiger partial charge is 0.384 e. The molecular weight excluding hydrogens is 326 g/mol. The number of benzene rings is 2. The molecule has 0 saturated carbocycles. The van der Waals surface area contributed by atoms with E-state index in [1.165, 1.54) is 11.1 Å². The van der Waals surface area contributed by atoms with E-state index in [-0.39, 0.29) is 12.1 Å². The maximum absolute atomic E-state index is 6.09. The lowest BCUT2D eigenvalue weighted by Gasteiger charge is -2.25. The van der Waals surface area contributed by atoms with Gasteiger partial charge in [0.05, 0.1) is 26.4 Å². The van der Waals surface area contributed by atoms with Crippen LogP contribution in [-0.2, 0) is 20.8 Å². The van der Waals surface area contributed by atoms with Crippen LogP contribution in [0.5, 0.6) is 0 Å². The van der Waals surface area contributed by atoms with Crippen LogP contribution in [0.25, 0.3) is 0 Å². The zero-order valence-corrected chi connectivity index (χ0v) is 15.6. The number of nitrogens with one attached hydrogen (secondary N) is 1. The summed E-state index contributed by atoms with van der Waals surface area (Å²) in [6.45, 7) is 2.69. The number of rotatable bonds is 9. The third-order valence-corrected chi connectivity index (χ3v) is 5.17. The minimum Gasteiger partial charge on any atom is -0.384 e. The molecule has 1 saturated heterocycles. The van der Waals surface area contributed by atoms with Crippen molar-refractivity contribution in [3.05, 3.63) is 71.8 Å². The third-order valence-electron chi connectivity index (χ3n) is 5.17. The molecule has 1 aliphatic heterocycles. The highest BCUT2D eigenvalue weighted by Gasteiger charge is 2.43. The summed E-state index contributed by atoms with van der Waals surface area (Å²) in [6.07, 6.45) is 0. The van der Waals surface area contributed by atoms with Crippen molar-refractivity contribution >= 4 is 0 Å². The van der Waals surface area contributed by atoms with Gasteiger partial charge in [0.1, 0.15) is 0 Å². The molecule has 3 rings (SSSR count). The van der Waals surface area contributed by atoms with Crippen LogP contribution < -0.4 is 5.32 Å². The molecule has 1 N–H and O–H groups in total. The van der Waals surface area contributed by atoms with E-state index < -0.39 is 0 Å². The molecule has 0 bridgehead atoms. The Hall–Kier alpha value is -1.72. The molecule has 0 radical (unpaired) electrons. The summed E-state index contributed by atoms with van der Waals surface area (Å²) in [5.74, 6) is 0.683. The summed E-state index contributed by atoms with van der Waals surface area (Å²) in [6, 6.07) is 21.4. The summed E-state index contributed by atoms with van der Waals surface area (Å²) in [4.78, 5) is 0. The van der Waals surface area contributed by atoms with Crippen molar-refractivity contribution in [2.24, 2.45) is 11.8 Å². The van der Waals surface area contributed by atoms with Gasteiger partial charge in [0.25, 0.3) is 0 Å². The van der Waals surface area contributed by atoms with Gasteiger partial charge in [-0.1, -0.05) is 60.7 Å². The summed E-state index contributed by atoms with van der Waals surface area (Å²) < 4.78 is 17.1. The predicted octanol–water partition coefficient (Wildman–Crippen LogP) is 3.44. The first-order valence-corrected chi connectivity index (χ1v) is 9.24. The number of hydrogen-bond acceptors (Lipinski definition) is 4. The summed E-state index contributed by atoms with van der Waals surface area (Å²) in [5, 5.41) is 3.76. The van der Waals surface area contributed by atoms with Gasteiger partial charge in [0.15, 0.2) is 0 Å². The SMILES string of the molecule is COC[C@H]1[C@H](COCc2ccccc2)[C@@H](COC)N[C@H]1c1ccccc1. The molecule has 1 fully saturated rings. The maximum atomic E-state index is 6.09. The molecule has 4 nitrogen and oxygen atoms in total. The fraction of sp³-hybridized carbons (Fsp3) is 0.455. The van der Waals surface area contributed by atoms with Crippen LogP contribution in [0.4, 0.5) is 0 Å². The minimum atomic E-state index is 0.251. The zero-order valence-electron chi connectivity index (χ0n) is 15.6. The van der Waals surface area contributed by atoms with Crippen molar-refractivity contribution in [2.75, 3.05) is 34.0 Å². The van der Waals surface area contributed by atoms with Gasteiger partial charge < -0.3 is 19.5 Å². The zero-order chi connectivity index (χ0) is 18.2. The highest BCUT2D eigenvalue weighted by Crippen LogP contribution is 2.38. The maximum Gasteiger partial charge on any atom is 0.0717 e. The summed E-state index contributed by atoms with van der Waals surface area (Å²) >= 11 is 0. The monoisotopic (exact) mass is 355 g/mol. The van der Waals surface area contributed by atoms with E-state index in [9.17, 15) is 0 Å². The second kappa shape index (κ2) is 9.83. The first kappa shape index (κ1) is 19.1. The Kier molecular flexibility index (Phi) is 7.21. The van der Waals surface area contributed by atoms with Crippen molar-refractivity contribution in [2.45, 2.75) is 18.7 Å². The van der Waals surface area contributed by atoms with Gasteiger partial charge in [0, 0.05) is 38.1 Å². The third kappa shape index (κ3) is 4.71. The van der Waals surface area contributed by atoms with Crippen molar-refractivity contribution < 1.29 is 14.2 Å². The van der Waals surface area contributed by atoms with E-state index in [0.29, 0.717) is 38.3 Å². The molecule has 0 unspecified atom stereocenters. The van der Waals surface area contributed by atoms with Crippen LogP contribution in [0.1, 0.15) is 17.2 Å². The molecule has 2 aromatic carbocycles. The fourth-order valence-electron chi connectivity index (χ4n) is 3.92. The molecule has 0 aliphatic carbocycles. The van der Waals surface area contributed by atoms with E-state index in [1.54, 1.807) is 14.2 Å². The topological polar surface area (TPSA) is 39.7 Å². The van der Waals surface area contributed by atoms with Crippen LogP contribution in [0.3, 0.4) is 0 Å². The second-order valence-electron chi connectivity index (χ2n) is 6.90. The summed E-state index contributed by atoms with van der Waals surface area (Å²) in [5.41, 5.74) is 2.49. The predicted molar refractivity (Wildman–Crippen MR) is 103 cm³/mol. The molecule has 4 atom stereocenters. The number of hydrogen-bond donors (Lipinski definition) is 1. The molecule has 0 aromatic heterocycles. The fourth-order valence-corrected chi connectivity index (χ4v) is 3.92. The van der Waals surface area contributed by atoms with Crippen LogP contribution in [0.15, 0.2) is 60.7 Å². The van der Waals surface area contributed by atoms with E-state index in [1.807, 2.05) is 18.2 Å². The molecule has 140 valence electrons. The molecule has 26 heavy (non-hydrogen) atoms. The molecule has 2 aromatic rings. The Morgan fingerprint density at radius 1 is 0.769 bits per heavy atom. The molecule has 0 amide bonds. The van der Waals surface area contributed by atoms with Gasteiger partial charge in [-0.2, -0.15) is 0 Å². The smallest absolute Gasteiger partial charge is 0.0717 e. The van der Waals surface area contributed by atoms with E-state index in [4.69, 9.17) is 14.2 Å². The average Bonchev–Trinajstić information content (AvgIpc) is 3.02.